The van der Waals surface area contributed by atoms with Gasteiger partial charge in [0.05, 0.1) is 6.04 Å². The van der Waals surface area contributed by atoms with Crippen molar-refractivity contribution >= 4 is 50.9 Å². The topological polar surface area (TPSA) is 6.48 Å². The predicted octanol–water partition coefficient (Wildman–Crippen LogP) is 14.8. The molecule has 0 aliphatic heterocycles. The maximum atomic E-state index is 3.43. The third-order valence-corrected chi connectivity index (χ3v) is 13.0. The van der Waals surface area contributed by atoms with Crippen molar-refractivity contribution in [3.8, 4) is 23.0 Å². The Morgan fingerprint density at radius 1 is 0.590 bits per heavy atom. The summed E-state index contributed by atoms with van der Waals surface area (Å²) in [6, 6.07) is 57.6. The first-order valence-electron chi connectivity index (χ1n) is 21.6. The first-order chi connectivity index (χ1) is 30.1. The summed E-state index contributed by atoms with van der Waals surface area (Å²) in [6.07, 6.45) is 24.1. The number of hydrogen-bond acceptors (Lipinski definition) is 2. The summed E-state index contributed by atoms with van der Waals surface area (Å²) in [7, 11) is 0. The van der Waals surface area contributed by atoms with Crippen LogP contribution >= 0.6 is 0 Å². The first kappa shape index (κ1) is 36.7. The number of fused-ring (bicyclic) bond motifs is 4. The minimum Gasteiger partial charge on any atom is -0.334 e. The zero-order valence-electron chi connectivity index (χ0n) is 34.4. The normalized spacial score (nSPS) is 19.3. The van der Waals surface area contributed by atoms with E-state index in [0.29, 0.717) is 0 Å². The Balaban J connectivity index is 1.20. The lowest BCUT2D eigenvalue weighted by Gasteiger charge is -2.37. The molecule has 0 aromatic heterocycles. The Morgan fingerprint density at radius 3 is 1.95 bits per heavy atom. The zero-order chi connectivity index (χ0) is 40.8. The molecule has 0 spiro atoms. The summed E-state index contributed by atoms with van der Waals surface area (Å²) >= 11 is 0. The van der Waals surface area contributed by atoms with Crippen LogP contribution in [0.1, 0.15) is 41.2 Å². The maximum absolute atomic E-state index is 3.43. The molecule has 4 aliphatic rings. The fourth-order valence-corrected chi connectivity index (χ4v) is 9.98. The second kappa shape index (κ2) is 15.4. The minimum atomic E-state index is -0.0566. The van der Waals surface area contributed by atoms with Gasteiger partial charge in [-0.3, -0.25) is 0 Å². The molecule has 7 aromatic carbocycles. The fraction of sp³-hybridized carbons (Fsp3) is 0.119. The molecule has 2 nitrogen and oxygen atoms in total. The Morgan fingerprint density at radius 2 is 1.26 bits per heavy atom. The number of benzene rings is 7. The second-order valence-corrected chi connectivity index (χ2v) is 16.8. The van der Waals surface area contributed by atoms with Gasteiger partial charge >= 0.3 is 0 Å². The fourth-order valence-electron chi connectivity index (χ4n) is 9.98. The molecule has 7 aromatic rings. The van der Waals surface area contributed by atoms with Gasteiger partial charge in [0.15, 0.2) is 0 Å². The van der Waals surface area contributed by atoms with Gasteiger partial charge in [0.2, 0.25) is 0 Å². The summed E-state index contributed by atoms with van der Waals surface area (Å²) in [5.41, 5.74) is 16.0. The van der Waals surface area contributed by atoms with Crippen LogP contribution in [-0.2, 0) is 12.8 Å². The SMILES string of the molecule is CC12C=CC=CC1C=C(c1c3c(c(-c4ccc5c(c4)CCC#C5)c4cc(N(c5ccccc5)c5ccccc5)ccc14)C=CC(N(c1ccccc1)c1ccccc1)C3)C=C2. The number of aryl methyl sites for hydroxylation is 1. The zero-order valence-corrected chi connectivity index (χ0v) is 34.4. The summed E-state index contributed by atoms with van der Waals surface area (Å²) in [5, 5.41) is 2.52. The molecule has 3 unspecified atom stereocenters. The number of para-hydroxylation sites is 4. The van der Waals surface area contributed by atoms with Gasteiger partial charge in [0.1, 0.15) is 0 Å². The van der Waals surface area contributed by atoms with Gasteiger partial charge in [-0.25, -0.2) is 0 Å². The molecular formula is C59H46N2. The van der Waals surface area contributed by atoms with Crippen LogP contribution in [0.5, 0.6) is 0 Å². The summed E-state index contributed by atoms with van der Waals surface area (Å²) < 4.78 is 0. The van der Waals surface area contributed by atoms with Crippen molar-refractivity contribution in [1.82, 2.24) is 0 Å². The quantitative estimate of drug-likeness (QED) is 0.142. The van der Waals surface area contributed by atoms with Crippen molar-refractivity contribution in [2.24, 2.45) is 11.3 Å². The molecule has 3 atom stereocenters. The number of allylic oxidation sites excluding steroid dienone is 8. The van der Waals surface area contributed by atoms with Gasteiger partial charge in [0.25, 0.3) is 0 Å². The van der Waals surface area contributed by atoms with E-state index >= 15 is 0 Å². The third-order valence-electron chi connectivity index (χ3n) is 13.0. The lowest BCUT2D eigenvalue weighted by molar-refractivity contribution is 0.454. The molecule has 0 N–H and O–H groups in total. The molecule has 0 bridgehead atoms. The number of hydrogen-bond donors (Lipinski definition) is 0. The molecule has 2 heteroatoms. The highest BCUT2D eigenvalue weighted by molar-refractivity contribution is 6.10. The third kappa shape index (κ3) is 6.64. The maximum Gasteiger partial charge on any atom is 0.0566 e. The van der Waals surface area contributed by atoms with E-state index in [-0.39, 0.29) is 17.4 Å². The van der Waals surface area contributed by atoms with Gasteiger partial charge in [-0.1, -0.05) is 158 Å². The molecule has 0 amide bonds. The smallest absolute Gasteiger partial charge is 0.0566 e. The average Bonchev–Trinajstić information content (AvgIpc) is 3.32. The number of anilines is 5. The standard InChI is InChI=1S/C59H46N2/c1-59-36-17-16-20-46(59)39-45(35-37-59)58-54-34-32-51(60(47-21-6-2-7-22-47)48-23-8-3-9-24-48)40-55(54)57(44-30-29-42-18-14-15-19-43(42)38-44)53-33-31-52(41-56(53)58)61(49-25-10-4-11-26-49)50-27-12-5-13-28-50/h2-13,16-17,20-40,46,52H,15,19,41H2,1H3. The predicted molar refractivity (Wildman–Crippen MR) is 258 cm³/mol. The van der Waals surface area contributed by atoms with E-state index in [9.17, 15) is 0 Å². The van der Waals surface area contributed by atoms with E-state index in [2.05, 4.69) is 241 Å². The van der Waals surface area contributed by atoms with Gasteiger partial charge in [-0.05, 0) is 135 Å². The highest BCUT2D eigenvalue weighted by Crippen LogP contribution is 2.50. The van der Waals surface area contributed by atoms with Crippen LogP contribution in [0.4, 0.5) is 28.4 Å². The van der Waals surface area contributed by atoms with E-state index < -0.39 is 0 Å². The van der Waals surface area contributed by atoms with Gasteiger partial charge in [0, 0.05) is 51.8 Å². The second-order valence-electron chi connectivity index (χ2n) is 16.8. The molecule has 0 fully saturated rings. The van der Waals surface area contributed by atoms with Gasteiger partial charge < -0.3 is 9.80 Å². The van der Waals surface area contributed by atoms with Crippen molar-refractivity contribution in [3.63, 3.8) is 0 Å². The molecule has 11 rings (SSSR count). The van der Waals surface area contributed by atoms with E-state index in [0.717, 1.165) is 41.9 Å². The molecule has 0 heterocycles. The first-order valence-corrected chi connectivity index (χ1v) is 21.6. The Hall–Kier alpha value is -7.34. The summed E-state index contributed by atoms with van der Waals surface area (Å²) in [5.74, 6) is 7.03. The van der Waals surface area contributed by atoms with Crippen molar-refractivity contribution in [1.29, 1.82) is 0 Å². The van der Waals surface area contributed by atoms with Crippen LogP contribution in [0, 0.1) is 23.2 Å². The largest absolute Gasteiger partial charge is 0.334 e. The van der Waals surface area contributed by atoms with Crippen molar-refractivity contribution in [2.75, 3.05) is 9.80 Å². The molecular weight excluding hydrogens is 737 g/mol. The van der Waals surface area contributed by atoms with Gasteiger partial charge in [-0.15, -0.1) is 0 Å². The summed E-state index contributed by atoms with van der Waals surface area (Å²) in [4.78, 5) is 4.90. The van der Waals surface area contributed by atoms with E-state index in [1.807, 2.05) is 0 Å². The van der Waals surface area contributed by atoms with Crippen LogP contribution in [-0.4, -0.2) is 6.04 Å². The van der Waals surface area contributed by atoms with E-state index in [1.54, 1.807) is 0 Å². The van der Waals surface area contributed by atoms with Gasteiger partial charge in [-0.2, -0.15) is 0 Å². The highest BCUT2D eigenvalue weighted by atomic mass is 15.2. The minimum absolute atomic E-state index is 0.0566. The lowest BCUT2D eigenvalue weighted by Crippen LogP contribution is -2.33. The lowest BCUT2D eigenvalue weighted by atomic mass is 9.69. The molecule has 0 saturated carbocycles. The van der Waals surface area contributed by atoms with Crippen LogP contribution in [0.25, 0.3) is 33.5 Å². The Labute approximate surface area is 359 Å². The molecule has 4 aliphatic carbocycles. The van der Waals surface area contributed by atoms with Crippen LogP contribution in [0.3, 0.4) is 0 Å². The van der Waals surface area contributed by atoms with Crippen molar-refractivity contribution in [3.05, 3.63) is 234 Å². The number of nitrogens with zero attached hydrogens (tertiary/aromatic N) is 2. The average molecular weight is 783 g/mol. The molecule has 61 heavy (non-hydrogen) atoms. The molecule has 292 valence electrons. The van der Waals surface area contributed by atoms with Crippen LogP contribution in [0.2, 0.25) is 0 Å². The van der Waals surface area contributed by atoms with E-state index in [4.69, 9.17) is 0 Å². The highest BCUT2D eigenvalue weighted by Gasteiger charge is 2.34. The monoisotopic (exact) mass is 782 g/mol. The van der Waals surface area contributed by atoms with Crippen LogP contribution < -0.4 is 9.80 Å². The Bertz CT molecular complexity index is 2940. The van der Waals surface area contributed by atoms with Crippen molar-refractivity contribution in [2.45, 2.75) is 32.2 Å². The van der Waals surface area contributed by atoms with Crippen molar-refractivity contribution < 1.29 is 0 Å². The summed E-state index contributed by atoms with van der Waals surface area (Å²) in [6.45, 7) is 2.35. The van der Waals surface area contributed by atoms with E-state index in [1.165, 1.54) is 61.1 Å². The van der Waals surface area contributed by atoms with Crippen LogP contribution in [0.15, 0.2) is 206 Å². The number of rotatable bonds is 8. The Kier molecular flexibility index (Phi) is 9.24. The molecule has 0 saturated heterocycles. The molecule has 0 radical (unpaired) electrons.